The Hall–Kier alpha value is -2.82. The second-order valence-electron chi connectivity index (χ2n) is 6.49. The Morgan fingerprint density at radius 2 is 1.81 bits per heavy atom. The first-order valence-corrected chi connectivity index (χ1v) is 8.64. The molecule has 0 bridgehead atoms. The zero-order chi connectivity index (χ0) is 19.1. The van der Waals surface area contributed by atoms with Crippen LogP contribution in [0.3, 0.4) is 0 Å². The number of anilines is 1. The van der Waals surface area contributed by atoms with Crippen molar-refractivity contribution >= 4 is 17.4 Å². The van der Waals surface area contributed by atoms with Crippen LogP contribution in [0, 0.1) is 5.92 Å². The Morgan fingerprint density at radius 3 is 2.46 bits per heavy atom. The molecule has 0 aromatic heterocycles. The van der Waals surface area contributed by atoms with E-state index in [0.29, 0.717) is 40.8 Å². The van der Waals surface area contributed by atoms with E-state index in [-0.39, 0.29) is 11.7 Å². The van der Waals surface area contributed by atoms with Crippen LogP contribution >= 0.6 is 0 Å². The number of methoxy groups -OCH3 is 1. The summed E-state index contributed by atoms with van der Waals surface area (Å²) in [6.07, 6.45) is 0.942. The van der Waals surface area contributed by atoms with E-state index in [4.69, 9.17) is 9.47 Å². The molecular formula is C21H25NO4. The van der Waals surface area contributed by atoms with Gasteiger partial charge in [0.25, 0.3) is 5.91 Å². The molecule has 26 heavy (non-hydrogen) atoms. The van der Waals surface area contributed by atoms with E-state index in [2.05, 4.69) is 19.2 Å². The summed E-state index contributed by atoms with van der Waals surface area (Å²) in [6.45, 7) is 6.35. The van der Waals surface area contributed by atoms with Gasteiger partial charge in [-0.15, -0.1) is 0 Å². The number of carbonyl (C=O) groups excluding carboxylic acids is 2. The predicted molar refractivity (Wildman–Crippen MR) is 102 cm³/mol. The summed E-state index contributed by atoms with van der Waals surface area (Å²) in [5, 5.41) is 2.79. The molecule has 2 aromatic rings. The first-order chi connectivity index (χ1) is 12.4. The van der Waals surface area contributed by atoms with Crippen molar-refractivity contribution in [1.82, 2.24) is 0 Å². The monoisotopic (exact) mass is 355 g/mol. The third kappa shape index (κ3) is 5.34. The number of ether oxygens (including phenoxy) is 2. The second kappa shape index (κ2) is 9.04. The third-order valence-electron chi connectivity index (χ3n) is 3.91. The van der Waals surface area contributed by atoms with Gasteiger partial charge >= 0.3 is 0 Å². The molecule has 0 spiro atoms. The molecule has 0 heterocycles. The molecule has 0 aliphatic rings. The van der Waals surface area contributed by atoms with Crippen LogP contribution in [0.5, 0.6) is 11.5 Å². The van der Waals surface area contributed by atoms with Crippen molar-refractivity contribution in [3.05, 3.63) is 53.6 Å². The van der Waals surface area contributed by atoms with E-state index in [0.717, 1.165) is 6.42 Å². The molecule has 5 nitrogen and oxygen atoms in total. The smallest absolute Gasteiger partial charge is 0.255 e. The molecular weight excluding hydrogens is 330 g/mol. The predicted octanol–water partition coefficient (Wildman–Crippen LogP) is 4.58. The molecule has 0 unspecified atom stereocenters. The molecule has 0 radical (unpaired) electrons. The molecule has 0 fully saturated rings. The maximum absolute atomic E-state index is 12.5. The largest absolute Gasteiger partial charge is 0.493 e. The van der Waals surface area contributed by atoms with Gasteiger partial charge in [-0.25, -0.2) is 0 Å². The molecule has 1 amide bonds. The van der Waals surface area contributed by atoms with E-state index in [1.807, 2.05) is 0 Å². The highest BCUT2D eigenvalue weighted by Gasteiger charge is 2.12. The number of hydrogen-bond acceptors (Lipinski definition) is 4. The lowest BCUT2D eigenvalue weighted by molar-refractivity contribution is 0.101. The Morgan fingerprint density at radius 1 is 1.04 bits per heavy atom. The minimum atomic E-state index is -0.280. The maximum Gasteiger partial charge on any atom is 0.255 e. The van der Waals surface area contributed by atoms with Gasteiger partial charge in [-0.05, 0) is 49.6 Å². The summed E-state index contributed by atoms with van der Waals surface area (Å²) < 4.78 is 11.1. The normalized spacial score (nSPS) is 10.5. The standard InChI is InChI=1S/C21H25NO4/c1-14(2)10-11-26-19-9-8-17(13-20(19)25-4)21(24)22-18-7-5-6-16(12-18)15(3)23/h5-9,12-14H,10-11H2,1-4H3,(H,22,24). The lowest BCUT2D eigenvalue weighted by Crippen LogP contribution is -2.12. The van der Waals surface area contributed by atoms with E-state index in [9.17, 15) is 9.59 Å². The zero-order valence-corrected chi connectivity index (χ0v) is 15.7. The molecule has 0 saturated carbocycles. The fraction of sp³-hybridized carbons (Fsp3) is 0.333. The van der Waals surface area contributed by atoms with Crippen LogP contribution in [-0.2, 0) is 0 Å². The minimum absolute atomic E-state index is 0.0503. The van der Waals surface area contributed by atoms with E-state index < -0.39 is 0 Å². The van der Waals surface area contributed by atoms with E-state index >= 15 is 0 Å². The summed E-state index contributed by atoms with van der Waals surface area (Å²) in [5.41, 5.74) is 1.57. The van der Waals surface area contributed by atoms with Crippen LogP contribution in [0.25, 0.3) is 0 Å². The van der Waals surface area contributed by atoms with Gasteiger partial charge in [0.1, 0.15) is 0 Å². The van der Waals surface area contributed by atoms with Crippen molar-refractivity contribution in [2.45, 2.75) is 27.2 Å². The summed E-state index contributed by atoms with van der Waals surface area (Å²) in [4.78, 5) is 23.9. The van der Waals surface area contributed by atoms with Gasteiger partial charge in [-0.3, -0.25) is 9.59 Å². The number of nitrogens with one attached hydrogen (secondary N) is 1. The molecule has 0 saturated heterocycles. The highest BCUT2D eigenvalue weighted by atomic mass is 16.5. The summed E-state index contributed by atoms with van der Waals surface area (Å²) in [7, 11) is 1.54. The number of amides is 1. The van der Waals surface area contributed by atoms with Crippen LogP contribution in [0.4, 0.5) is 5.69 Å². The van der Waals surface area contributed by atoms with Gasteiger partial charge in [0.05, 0.1) is 13.7 Å². The molecule has 0 atom stereocenters. The SMILES string of the molecule is COc1cc(C(=O)Nc2cccc(C(C)=O)c2)ccc1OCCC(C)C. The number of hydrogen-bond donors (Lipinski definition) is 1. The molecule has 2 aromatic carbocycles. The molecule has 0 aliphatic heterocycles. The van der Waals surface area contributed by atoms with Gasteiger partial charge in [0.15, 0.2) is 17.3 Å². The highest BCUT2D eigenvalue weighted by molar-refractivity contribution is 6.05. The topological polar surface area (TPSA) is 64.6 Å². The van der Waals surface area contributed by atoms with Gasteiger partial charge in [-0.2, -0.15) is 0 Å². The van der Waals surface area contributed by atoms with Crippen molar-refractivity contribution in [2.75, 3.05) is 19.0 Å². The fourth-order valence-corrected chi connectivity index (χ4v) is 2.35. The molecule has 138 valence electrons. The van der Waals surface area contributed by atoms with Gasteiger partial charge in [0.2, 0.25) is 0 Å². The Labute approximate surface area is 154 Å². The lowest BCUT2D eigenvalue weighted by atomic mass is 10.1. The number of carbonyl (C=O) groups is 2. The Balaban J connectivity index is 2.11. The van der Waals surface area contributed by atoms with Crippen molar-refractivity contribution in [3.8, 4) is 11.5 Å². The van der Waals surface area contributed by atoms with Crippen LogP contribution in [0.2, 0.25) is 0 Å². The van der Waals surface area contributed by atoms with E-state index in [1.165, 1.54) is 6.92 Å². The Kier molecular flexibility index (Phi) is 6.78. The van der Waals surface area contributed by atoms with Crippen LogP contribution < -0.4 is 14.8 Å². The van der Waals surface area contributed by atoms with Gasteiger partial charge in [0, 0.05) is 16.8 Å². The molecule has 0 aliphatic carbocycles. The van der Waals surface area contributed by atoms with Crippen LogP contribution in [-0.4, -0.2) is 25.4 Å². The number of benzene rings is 2. The first kappa shape index (κ1) is 19.5. The van der Waals surface area contributed by atoms with Crippen molar-refractivity contribution in [2.24, 2.45) is 5.92 Å². The maximum atomic E-state index is 12.5. The average Bonchev–Trinajstić information content (AvgIpc) is 2.61. The zero-order valence-electron chi connectivity index (χ0n) is 15.7. The molecule has 1 N–H and O–H groups in total. The van der Waals surface area contributed by atoms with Crippen molar-refractivity contribution in [1.29, 1.82) is 0 Å². The third-order valence-corrected chi connectivity index (χ3v) is 3.91. The minimum Gasteiger partial charge on any atom is -0.493 e. The van der Waals surface area contributed by atoms with Crippen LogP contribution in [0.15, 0.2) is 42.5 Å². The first-order valence-electron chi connectivity index (χ1n) is 8.64. The average molecular weight is 355 g/mol. The quantitative estimate of drug-likeness (QED) is 0.704. The molecule has 2 rings (SSSR count). The van der Waals surface area contributed by atoms with Crippen LogP contribution in [0.1, 0.15) is 47.9 Å². The summed E-state index contributed by atoms with van der Waals surface area (Å²) in [6, 6.07) is 11.9. The van der Waals surface area contributed by atoms with Gasteiger partial charge in [-0.1, -0.05) is 26.0 Å². The number of rotatable bonds is 8. The van der Waals surface area contributed by atoms with Crippen molar-refractivity contribution < 1.29 is 19.1 Å². The Bertz CT molecular complexity index is 783. The van der Waals surface area contributed by atoms with E-state index in [1.54, 1.807) is 49.6 Å². The highest BCUT2D eigenvalue weighted by Crippen LogP contribution is 2.29. The lowest BCUT2D eigenvalue weighted by Gasteiger charge is -2.13. The number of ketones is 1. The second-order valence-corrected chi connectivity index (χ2v) is 6.49. The number of Topliss-reactive ketones (excluding diaryl/α,β-unsaturated/α-hetero) is 1. The fourth-order valence-electron chi connectivity index (χ4n) is 2.35. The summed E-state index contributed by atoms with van der Waals surface area (Å²) in [5.74, 6) is 1.35. The molecule has 5 heteroatoms. The van der Waals surface area contributed by atoms with Crippen molar-refractivity contribution in [3.63, 3.8) is 0 Å². The summed E-state index contributed by atoms with van der Waals surface area (Å²) >= 11 is 0. The van der Waals surface area contributed by atoms with Gasteiger partial charge < -0.3 is 14.8 Å².